The highest BCUT2D eigenvalue weighted by atomic mass is 35.5. The van der Waals surface area contributed by atoms with E-state index in [1.165, 1.54) is 12.1 Å². The summed E-state index contributed by atoms with van der Waals surface area (Å²) in [4.78, 5) is 12.6. The molecule has 4 N–H and O–H groups in total. The number of rotatable bonds is 10. The van der Waals surface area contributed by atoms with Gasteiger partial charge in [0.15, 0.2) is 17.5 Å². The van der Waals surface area contributed by atoms with Crippen LogP contribution in [0.4, 0.5) is 18.9 Å². The third-order valence-corrected chi connectivity index (χ3v) is 9.59. The molecule has 2 aromatic carbocycles. The standard InChI is InChI=1S/C26H27ClF3NO7S/c27-19-6-3-14(26(35)31-15-8-20(28)24(30)21(29)9-15)7-23(19)39(36,37)25-13-1-4-17(18(25)5-2-13)22(34)12-38-11-16(33)10-32/h3,6-9,16-18,22,32-34H,1-2,4-5,10-12H2,(H,31,35)/t16?,17?,18?,22-/m0/s1. The maximum Gasteiger partial charge on any atom is 0.255 e. The Labute approximate surface area is 228 Å². The van der Waals surface area contributed by atoms with Crippen LogP contribution in [0.15, 0.2) is 45.7 Å². The molecule has 0 aliphatic heterocycles. The van der Waals surface area contributed by atoms with Gasteiger partial charge in [-0.15, -0.1) is 0 Å². The zero-order chi connectivity index (χ0) is 28.5. The largest absolute Gasteiger partial charge is 0.394 e. The number of aliphatic hydroxyl groups excluding tert-OH is 3. The van der Waals surface area contributed by atoms with Crippen LogP contribution in [0, 0.1) is 29.3 Å². The van der Waals surface area contributed by atoms with Gasteiger partial charge in [-0.05, 0) is 49.8 Å². The normalized spacial score (nSPS) is 20.7. The predicted octanol–water partition coefficient (Wildman–Crippen LogP) is 3.59. The SMILES string of the molecule is O=C(Nc1cc(F)c(F)c(F)c1)c1ccc(Cl)c(S(=O)(=O)C2=C3CCC2C([C@@H](O)COCC(O)CO)CC3)c1. The number of ether oxygens (including phenoxy) is 1. The number of anilines is 1. The monoisotopic (exact) mass is 589 g/mol. The highest BCUT2D eigenvalue weighted by Crippen LogP contribution is 2.51. The van der Waals surface area contributed by atoms with Crippen LogP contribution in [0.5, 0.6) is 0 Å². The first-order chi connectivity index (χ1) is 18.4. The number of hydrogen-bond donors (Lipinski definition) is 4. The molecular formula is C26H27ClF3NO7S. The van der Waals surface area contributed by atoms with Crippen molar-refractivity contribution in [3.8, 4) is 0 Å². The van der Waals surface area contributed by atoms with Gasteiger partial charge in [-0.3, -0.25) is 4.79 Å². The number of allylic oxidation sites excluding steroid dienone is 2. The van der Waals surface area contributed by atoms with Crippen molar-refractivity contribution in [2.75, 3.05) is 25.1 Å². The average Bonchev–Trinajstić information content (AvgIpc) is 3.21. The molecule has 2 bridgehead atoms. The van der Waals surface area contributed by atoms with Crippen LogP contribution >= 0.6 is 11.6 Å². The van der Waals surface area contributed by atoms with E-state index in [1.54, 1.807) is 0 Å². The molecular weight excluding hydrogens is 563 g/mol. The number of sulfone groups is 1. The number of fused-ring (bicyclic) bond motifs is 1. The molecule has 2 aliphatic rings. The van der Waals surface area contributed by atoms with E-state index in [2.05, 4.69) is 5.32 Å². The molecule has 2 aromatic rings. The van der Waals surface area contributed by atoms with Crippen molar-refractivity contribution in [3.05, 3.63) is 68.8 Å². The van der Waals surface area contributed by atoms with Crippen molar-refractivity contribution in [1.82, 2.24) is 0 Å². The summed E-state index contributed by atoms with van der Waals surface area (Å²) in [6.45, 7) is -0.826. The number of nitrogens with one attached hydrogen (secondary N) is 1. The van der Waals surface area contributed by atoms with Gasteiger partial charge in [-0.2, -0.15) is 0 Å². The summed E-state index contributed by atoms with van der Waals surface area (Å²) in [7, 11) is -4.21. The van der Waals surface area contributed by atoms with E-state index < -0.39 is 63.8 Å². The molecule has 0 fully saturated rings. The molecule has 4 rings (SSSR count). The number of carbonyl (C=O) groups is 1. The van der Waals surface area contributed by atoms with Gasteiger partial charge in [0.1, 0.15) is 6.10 Å². The number of aliphatic hydroxyl groups is 3. The molecule has 0 heterocycles. The maximum absolute atomic E-state index is 13.9. The van der Waals surface area contributed by atoms with Gasteiger partial charge in [0.05, 0.1) is 40.7 Å². The van der Waals surface area contributed by atoms with Crippen LogP contribution < -0.4 is 5.32 Å². The fraction of sp³-hybridized carbons (Fsp3) is 0.423. The van der Waals surface area contributed by atoms with Gasteiger partial charge >= 0.3 is 0 Å². The van der Waals surface area contributed by atoms with Crippen LogP contribution in [0.1, 0.15) is 36.0 Å². The third-order valence-electron chi connectivity index (χ3n) is 7.06. The molecule has 13 heteroatoms. The molecule has 3 unspecified atom stereocenters. The Morgan fingerprint density at radius 3 is 2.41 bits per heavy atom. The molecule has 0 aromatic heterocycles. The fourth-order valence-electron chi connectivity index (χ4n) is 5.20. The van der Waals surface area contributed by atoms with E-state index in [4.69, 9.17) is 21.4 Å². The molecule has 212 valence electrons. The number of amides is 1. The molecule has 4 atom stereocenters. The molecule has 0 radical (unpaired) electrons. The maximum atomic E-state index is 13.9. The van der Waals surface area contributed by atoms with Crippen molar-refractivity contribution in [2.45, 2.75) is 42.8 Å². The van der Waals surface area contributed by atoms with Gasteiger partial charge in [-0.1, -0.05) is 17.2 Å². The lowest BCUT2D eigenvalue weighted by molar-refractivity contribution is -0.0456. The van der Waals surface area contributed by atoms with Crippen molar-refractivity contribution in [3.63, 3.8) is 0 Å². The highest BCUT2D eigenvalue weighted by molar-refractivity contribution is 7.95. The molecule has 0 spiro atoms. The summed E-state index contributed by atoms with van der Waals surface area (Å²) in [5, 5.41) is 31.2. The highest BCUT2D eigenvalue weighted by Gasteiger charge is 2.45. The molecule has 8 nitrogen and oxygen atoms in total. The Morgan fingerprint density at radius 1 is 1.08 bits per heavy atom. The van der Waals surface area contributed by atoms with Crippen LogP contribution in [-0.2, 0) is 14.6 Å². The van der Waals surface area contributed by atoms with Crippen molar-refractivity contribution in [2.24, 2.45) is 11.8 Å². The van der Waals surface area contributed by atoms with E-state index in [0.29, 0.717) is 37.8 Å². The minimum Gasteiger partial charge on any atom is -0.394 e. The zero-order valence-electron chi connectivity index (χ0n) is 20.5. The quantitative estimate of drug-likeness (QED) is 0.311. The first-order valence-electron chi connectivity index (χ1n) is 12.2. The Hall–Kier alpha value is -2.48. The van der Waals surface area contributed by atoms with Crippen LogP contribution in [-0.4, -0.2) is 61.7 Å². The van der Waals surface area contributed by atoms with E-state index in [-0.39, 0.29) is 39.3 Å². The Kier molecular flexibility index (Phi) is 9.04. The van der Waals surface area contributed by atoms with Crippen LogP contribution in [0.2, 0.25) is 5.02 Å². The first-order valence-corrected chi connectivity index (χ1v) is 14.1. The molecule has 2 aliphatic carbocycles. The lowest BCUT2D eigenvalue weighted by Gasteiger charge is -2.33. The third kappa shape index (κ3) is 6.16. The van der Waals surface area contributed by atoms with E-state index in [9.17, 15) is 36.6 Å². The second-order valence-electron chi connectivity index (χ2n) is 9.61. The van der Waals surface area contributed by atoms with E-state index in [1.807, 2.05) is 0 Å². The average molecular weight is 590 g/mol. The summed E-state index contributed by atoms with van der Waals surface area (Å²) in [6.07, 6.45) is -0.130. The fourth-order valence-corrected chi connectivity index (χ4v) is 7.74. The number of halogens is 4. The Bertz CT molecular complexity index is 1380. The second-order valence-corrected chi connectivity index (χ2v) is 11.9. The van der Waals surface area contributed by atoms with E-state index in [0.717, 1.165) is 11.6 Å². The summed E-state index contributed by atoms with van der Waals surface area (Å²) in [5.41, 5.74) is 0.198. The molecule has 1 amide bonds. The second kappa shape index (κ2) is 11.9. The summed E-state index contributed by atoms with van der Waals surface area (Å²) < 4.78 is 73.3. The van der Waals surface area contributed by atoms with Crippen LogP contribution in [0.25, 0.3) is 0 Å². The van der Waals surface area contributed by atoms with Gasteiger partial charge in [-0.25, -0.2) is 21.6 Å². The predicted molar refractivity (Wildman–Crippen MR) is 135 cm³/mol. The van der Waals surface area contributed by atoms with Gasteiger partial charge < -0.3 is 25.4 Å². The molecule has 39 heavy (non-hydrogen) atoms. The molecule has 0 saturated carbocycles. The first kappa shape index (κ1) is 29.5. The number of hydrogen-bond acceptors (Lipinski definition) is 7. The van der Waals surface area contributed by atoms with Gasteiger partial charge in [0.25, 0.3) is 5.91 Å². The lowest BCUT2D eigenvalue weighted by atomic mass is 9.81. The summed E-state index contributed by atoms with van der Waals surface area (Å²) >= 11 is 6.26. The van der Waals surface area contributed by atoms with Gasteiger partial charge in [0.2, 0.25) is 9.84 Å². The Balaban J connectivity index is 1.57. The minimum absolute atomic E-state index is 0.137. The van der Waals surface area contributed by atoms with Crippen LogP contribution in [0.3, 0.4) is 0 Å². The summed E-state index contributed by atoms with van der Waals surface area (Å²) in [5.74, 6) is -6.55. The Morgan fingerprint density at radius 2 is 1.74 bits per heavy atom. The molecule has 0 saturated heterocycles. The summed E-state index contributed by atoms with van der Waals surface area (Å²) in [6, 6.07) is 4.71. The lowest BCUT2D eigenvalue weighted by Crippen LogP contribution is -2.35. The number of benzene rings is 2. The van der Waals surface area contributed by atoms with Crippen molar-refractivity contribution < 1.29 is 46.4 Å². The van der Waals surface area contributed by atoms with Gasteiger partial charge in [0, 0.05) is 29.3 Å². The van der Waals surface area contributed by atoms with E-state index >= 15 is 0 Å². The van der Waals surface area contributed by atoms with Crippen molar-refractivity contribution in [1.29, 1.82) is 0 Å². The topological polar surface area (TPSA) is 133 Å². The minimum atomic E-state index is -4.21. The zero-order valence-corrected chi connectivity index (χ0v) is 22.1. The van der Waals surface area contributed by atoms with Crippen molar-refractivity contribution >= 4 is 33.0 Å². The number of carbonyl (C=O) groups excluding carboxylic acids is 1. The smallest absolute Gasteiger partial charge is 0.255 e.